The second kappa shape index (κ2) is 14.1. The molecule has 0 spiro atoms. The number of fused-ring (bicyclic) bond motifs is 1. The van der Waals surface area contributed by atoms with Crippen molar-refractivity contribution < 1.29 is 67.1 Å². The Morgan fingerprint density at radius 2 is 1.58 bits per heavy atom. The molecule has 0 saturated heterocycles. The molecule has 0 aliphatic carbocycles. The number of ether oxygens (including phenoxy) is 1. The van der Waals surface area contributed by atoms with E-state index in [4.69, 9.17) is 4.74 Å². The summed E-state index contributed by atoms with van der Waals surface area (Å²) < 4.78 is 7.64. The van der Waals surface area contributed by atoms with Crippen molar-refractivity contribution in [2.24, 2.45) is 7.05 Å². The SMILES string of the molecule is Cc1c(C(=O)N(C)c2ccc(OCc3ccccc3)cc2)cc(-c2cc3c(cc2C(=O)[O-])CN(C(=O)[O-])CC3)n1C.[Li+].[Li+]. The molecule has 0 bridgehead atoms. The number of benzene rings is 3. The topological polar surface area (TPSA) is 118 Å². The summed E-state index contributed by atoms with van der Waals surface area (Å²) in [5.74, 6) is -0.951. The fourth-order valence-electron chi connectivity index (χ4n) is 5.13. The van der Waals surface area contributed by atoms with Crippen molar-refractivity contribution in [3.8, 4) is 17.0 Å². The van der Waals surface area contributed by atoms with E-state index in [9.17, 15) is 24.6 Å². The molecule has 1 aliphatic heterocycles. The van der Waals surface area contributed by atoms with Crippen LogP contribution in [0, 0.1) is 6.92 Å². The van der Waals surface area contributed by atoms with E-state index < -0.39 is 12.1 Å². The number of carboxylic acid groups (broad SMARTS) is 2. The summed E-state index contributed by atoms with van der Waals surface area (Å²) in [6, 6.07) is 22.0. The first-order chi connectivity index (χ1) is 19.6. The van der Waals surface area contributed by atoms with Crippen molar-refractivity contribution in [3.63, 3.8) is 0 Å². The van der Waals surface area contributed by atoms with E-state index in [1.54, 1.807) is 37.7 Å². The Labute approximate surface area is 274 Å². The normalized spacial score (nSPS) is 11.9. The number of hydrogen-bond donors (Lipinski definition) is 0. The van der Waals surface area contributed by atoms with Crippen LogP contribution in [0.15, 0.2) is 72.8 Å². The zero-order valence-corrected chi connectivity index (χ0v) is 25.0. The molecule has 0 fully saturated rings. The monoisotopic (exact) mass is 565 g/mol. The summed E-state index contributed by atoms with van der Waals surface area (Å²) in [6.45, 7) is 2.55. The van der Waals surface area contributed by atoms with Gasteiger partial charge < -0.3 is 38.9 Å². The van der Waals surface area contributed by atoms with Gasteiger partial charge in [0.15, 0.2) is 0 Å². The molecule has 11 heteroatoms. The van der Waals surface area contributed by atoms with Gasteiger partial charge in [0.1, 0.15) is 18.4 Å². The van der Waals surface area contributed by atoms with Gasteiger partial charge >= 0.3 is 37.7 Å². The third kappa shape index (κ3) is 7.04. The Hall–Kier alpha value is -3.86. The Morgan fingerprint density at radius 3 is 2.21 bits per heavy atom. The Balaban J connectivity index is 0.00000253. The van der Waals surface area contributed by atoms with Gasteiger partial charge in [0, 0.05) is 55.4 Å². The average molecular weight is 565 g/mol. The smallest absolute Gasteiger partial charge is 0.545 e. The number of aromatic nitrogens is 1. The van der Waals surface area contributed by atoms with Crippen LogP contribution in [0.5, 0.6) is 5.75 Å². The molecule has 0 N–H and O–H groups in total. The molecule has 3 aromatic carbocycles. The van der Waals surface area contributed by atoms with Gasteiger partial charge in [0.05, 0.1) is 11.5 Å². The quantitative estimate of drug-likeness (QED) is 0.220. The number of carbonyl (C=O) groups excluding carboxylic acids is 3. The molecular weight excluding hydrogens is 536 g/mol. The summed E-state index contributed by atoms with van der Waals surface area (Å²) in [5.41, 5.74) is 5.18. The van der Waals surface area contributed by atoms with Crippen LogP contribution in [0.3, 0.4) is 0 Å². The number of hydrogen-bond acceptors (Lipinski definition) is 6. The van der Waals surface area contributed by atoms with Crippen molar-refractivity contribution in [2.45, 2.75) is 26.5 Å². The van der Waals surface area contributed by atoms with E-state index in [0.29, 0.717) is 52.5 Å². The minimum Gasteiger partial charge on any atom is -0.545 e. The molecule has 4 aromatic rings. The van der Waals surface area contributed by atoms with Gasteiger partial charge in [-0.2, -0.15) is 0 Å². The zero-order chi connectivity index (χ0) is 29.3. The van der Waals surface area contributed by atoms with Crippen LogP contribution < -0.4 is 57.6 Å². The summed E-state index contributed by atoms with van der Waals surface area (Å²) in [7, 11) is 3.46. The van der Waals surface area contributed by atoms with E-state index in [2.05, 4.69) is 0 Å². The van der Waals surface area contributed by atoms with Crippen LogP contribution in [0.25, 0.3) is 11.3 Å². The minimum absolute atomic E-state index is 0. The van der Waals surface area contributed by atoms with Crippen molar-refractivity contribution in [1.29, 1.82) is 0 Å². The van der Waals surface area contributed by atoms with Crippen molar-refractivity contribution in [1.82, 2.24) is 9.47 Å². The number of rotatable bonds is 7. The third-order valence-corrected chi connectivity index (χ3v) is 7.65. The van der Waals surface area contributed by atoms with Gasteiger partial charge in [0.25, 0.3) is 5.91 Å². The summed E-state index contributed by atoms with van der Waals surface area (Å²) in [6.07, 6.45) is -0.874. The zero-order valence-electron chi connectivity index (χ0n) is 25.0. The fraction of sp³-hybridized carbons (Fsp3) is 0.219. The van der Waals surface area contributed by atoms with Crippen LogP contribution in [0.4, 0.5) is 10.5 Å². The molecule has 5 rings (SSSR count). The van der Waals surface area contributed by atoms with Crippen molar-refractivity contribution in [3.05, 3.63) is 106 Å². The molecule has 9 nitrogen and oxygen atoms in total. The average Bonchev–Trinajstić information content (AvgIpc) is 3.28. The standard InChI is InChI=1S/C32H31N3O6.2Li/c1-20-26(30(36)34(3)24-9-11-25(12-10-24)41-19-21-7-5-4-6-8-21)17-29(33(20)2)27-15-22-13-14-35(32(39)40)18-23(22)16-28(27)31(37)38;;/h4-12,15-17H,13-14,18-19H2,1-3H3,(H,37,38)(H,39,40);;/q;2*+1/p-2. The van der Waals surface area contributed by atoms with Gasteiger partial charge in [-0.1, -0.05) is 30.3 Å². The van der Waals surface area contributed by atoms with Gasteiger partial charge in [-0.05, 0) is 72.5 Å². The maximum absolute atomic E-state index is 13.6. The number of anilines is 1. The van der Waals surface area contributed by atoms with Crippen LogP contribution in [-0.2, 0) is 26.6 Å². The van der Waals surface area contributed by atoms with Gasteiger partial charge in [-0.3, -0.25) is 4.79 Å². The van der Waals surface area contributed by atoms with E-state index in [1.807, 2.05) is 54.6 Å². The third-order valence-electron chi connectivity index (χ3n) is 7.65. The predicted octanol–water partition coefficient (Wildman–Crippen LogP) is -3.07. The first kappa shape index (κ1) is 33.6. The number of carbonyl (C=O) groups is 3. The number of aromatic carboxylic acids is 1. The van der Waals surface area contributed by atoms with E-state index >= 15 is 0 Å². The van der Waals surface area contributed by atoms with E-state index in [0.717, 1.165) is 16.0 Å². The second-order valence-corrected chi connectivity index (χ2v) is 10.1. The maximum atomic E-state index is 13.6. The second-order valence-electron chi connectivity index (χ2n) is 10.1. The van der Waals surface area contributed by atoms with Gasteiger partial charge in [-0.15, -0.1) is 0 Å². The van der Waals surface area contributed by atoms with Crippen LogP contribution in [0.2, 0.25) is 0 Å². The summed E-state index contributed by atoms with van der Waals surface area (Å²) in [5, 5.41) is 23.5. The molecule has 0 saturated carbocycles. The minimum atomic E-state index is -1.38. The molecular formula is C32H29Li2N3O6. The van der Waals surface area contributed by atoms with Gasteiger partial charge in [0.2, 0.25) is 0 Å². The van der Waals surface area contributed by atoms with Crippen molar-refractivity contribution >= 4 is 23.7 Å². The molecule has 0 radical (unpaired) electrons. The molecule has 1 aromatic heterocycles. The Kier molecular flexibility index (Phi) is 11.0. The molecule has 2 heterocycles. The van der Waals surface area contributed by atoms with Gasteiger partial charge in [-0.25, -0.2) is 0 Å². The van der Waals surface area contributed by atoms with Crippen LogP contribution >= 0.6 is 0 Å². The Morgan fingerprint density at radius 1 is 0.907 bits per heavy atom. The summed E-state index contributed by atoms with van der Waals surface area (Å²) >= 11 is 0. The van der Waals surface area contributed by atoms with E-state index in [-0.39, 0.29) is 62.3 Å². The molecule has 0 atom stereocenters. The first-order valence-corrected chi connectivity index (χ1v) is 13.2. The number of carboxylic acids is 1. The van der Waals surface area contributed by atoms with Crippen molar-refractivity contribution in [2.75, 3.05) is 18.5 Å². The van der Waals surface area contributed by atoms with E-state index in [1.165, 1.54) is 11.0 Å². The first-order valence-electron chi connectivity index (χ1n) is 13.2. The maximum Gasteiger partial charge on any atom is 1.00 e. The molecule has 43 heavy (non-hydrogen) atoms. The fourth-order valence-corrected chi connectivity index (χ4v) is 5.13. The largest absolute Gasteiger partial charge is 1.00 e. The molecule has 1 aliphatic rings. The molecule has 0 unspecified atom stereocenters. The number of nitrogens with zero attached hydrogens (tertiary/aromatic N) is 3. The van der Waals surface area contributed by atoms with Crippen LogP contribution in [0.1, 0.15) is 43.1 Å². The molecule has 2 amide bonds. The summed E-state index contributed by atoms with van der Waals surface area (Å²) in [4.78, 5) is 39.7. The Bertz CT molecular complexity index is 1640. The molecule has 210 valence electrons. The van der Waals surface area contributed by atoms with Crippen LogP contribution in [-0.4, -0.2) is 41.0 Å². The number of amides is 2. The predicted molar refractivity (Wildman–Crippen MR) is 149 cm³/mol.